The van der Waals surface area contributed by atoms with Crippen LogP contribution in [-0.2, 0) is 13.0 Å². The van der Waals surface area contributed by atoms with E-state index in [0.717, 1.165) is 28.8 Å². The van der Waals surface area contributed by atoms with E-state index in [2.05, 4.69) is 21.1 Å². The molecule has 1 unspecified atom stereocenters. The second-order valence-electron chi connectivity index (χ2n) is 4.76. The number of pyridine rings is 1. The van der Waals surface area contributed by atoms with Gasteiger partial charge in [-0.25, -0.2) is 4.98 Å². The molecule has 0 amide bonds. The highest BCUT2D eigenvalue weighted by molar-refractivity contribution is 5.79. The monoisotopic (exact) mass is 267 g/mol. The predicted molar refractivity (Wildman–Crippen MR) is 78.1 cm³/mol. The number of nitrogens with zero attached hydrogens (tertiary/aromatic N) is 4. The van der Waals surface area contributed by atoms with Crippen molar-refractivity contribution in [1.82, 2.24) is 19.7 Å². The van der Waals surface area contributed by atoms with Gasteiger partial charge in [0, 0.05) is 30.6 Å². The standard InChI is InChI=1S/C15H17N5/c1-2-20-15(18-10-19-20)9-13(16)11-5-6-14-12(8-11)4-3-7-17-14/h3-8,10,13H,2,9,16H2,1H3. The van der Waals surface area contributed by atoms with Gasteiger partial charge in [0.1, 0.15) is 12.2 Å². The second-order valence-corrected chi connectivity index (χ2v) is 4.76. The molecule has 0 bridgehead atoms. The molecule has 0 spiro atoms. The number of nitrogens with two attached hydrogens (primary N) is 1. The van der Waals surface area contributed by atoms with Gasteiger partial charge >= 0.3 is 0 Å². The van der Waals surface area contributed by atoms with Crippen molar-refractivity contribution in [2.75, 3.05) is 0 Å². The van der Waals surface area contributed by atoms with Crippen LogP contribution in [0.4, 0.5) is 0 Å². The lowest BCUT2D eigenvalue weighted by Gasteiger charge is -2.12. The molecule has 102 valence electrons. The molecular formula is C15H17N5. The van der Waals surface area contributed by atoms with E-state index in [-0.39, 0.29) is 6.04 Å². The molecule has 0 aliphatic rings. The number of aromatic nitrogens is 4. The van der Waals surface area contributed by atoms with E-state index in [1.165, 1.54) is 0 Å². The minimum atomic E-state index is -0.0888. The molecule has 5 heteroatoms. The quantitative estimate of drug-likeness (QED) is 0.785. The van der Waals surface area contributed by atoms with Gasteiger partial charge in [-0.2, -0.15) is 5.10 Å². The van der Waals surface area contributed by atoms with Crippen LogP contribution in [-0.4, -0.2) is 19.7 Å². The minimum absolute atomic E-state index is 0.0888. The Labute approximate surface area is 117 Å². The summed E-state index contributed by atoms with van der Waals surface area (Å²) >= 11 is 0. The lowest BCUT2D eigenvalue weighted by Crippen LogP contribution is -2.16. The van der Waals surface area contributed by atoms with Gasteiger partial charge in [-0.05, 0) is 30.7 Å². The maximum Gasteiger partial charge on any atom is 0.138 e. The van der Waals surface area contributed by atoms with E-state index < -0.39 is 0 Å². The number of hydrogen-bond acceptors (Lipinski definition) is 4. The summed E-state index contributed by atoms with van der Waals surface area (Å²) in [6.45, 7) is 2.86. The van der Waals surface area contributed by atoms with E-state index in [1.807, 2.05) is 35.9 Å². The molecule has 2 heterocycles. The Balaban J connectivity index is 1.86. The van der Waals surface area contributed by atoms with E-state index in [9.17, 15) is 0 Å². The van der Waals surface area contributed by atoms with Gasteiger partial charge in [-0.15, -0.1) is 0 Å². The van der Waals surface area contributed by atoms with Crippen LogP contribution in [0.25, 0.3) is 10.9 Å². The Morgan fingerprint density at radius 2 is 2.15 bits per heavy atom. The van der Waals surface area contributed by atoms with E-state index in [1.54, 1.807) is 12.5 Å². The van der Waals surface area contributed by atoms with E-state index in [4.69, 9.17) is 5.73 Å². The summed E-state index contributed by atoms with van der Waals surface area (Å²) in [6.07, 6.45) is 4.06. The van der Waals surface area contributed by atoms with Crippen LogP contribution in [0.2, 0.25) is 0 Å². The average molecular weight is 267 g/mol. The van der Waals surface area contributed by atoms with Gasteiger partial charge in [0.25, 0.3) is 0 Å². The predicted octanol–water partition coefficient (Wildman–Crippen LogP) is 2.09. The largest absolute Gasteiger partial charge is 0.324 e. The summed E-state index contributed by atoms with van der Waals surface area (Å²) in [4.78, 5) is 8.59. The topological polar surface area (TPSA) is 69.6 Å². The lowest BCUT2D eigenvalue weighted by atomic mass is 10.0. The maximum absolute atomic E-state index is 6.30. The zero-order valence-electron chi connectivity index (χ0n) is 11.4. The zero-order chi connectivity index (χ0) is 13.9. The minimum Gasteiger partial charge on any atom is -0.324 e. The molecule has 2 aromatic heterocycles. The van der Waals surface area contributed by atoms with Crippen LogP contribution in [0, 0.1) is 0 Å². The first-order chi connectivity index (χ1) is 9.78. The van der Waals surface area contributed by atoms with Gasteiger partial charge in [0.15, 0.2) is 0 Å². The molecule has 3 aromatic rings. The highest BCUT2D eigenvalue weighted by Gasteiger charge is 2.12. The number of rotatable bonds is 4. The lowest BCUT2D eigenvalue weighted by molar-refractivity contribution is 0.581. The summed E-state index contributed by atoms with van der Waals surface area (Å²) in [5, 5.41) is 5.28. The average Bonchev–Trinajstić information content (AvgIpc) is 2.94. The van der Waals surface area contributed by atoms with E-state index >= 15 is 0 Å². The van der Waals surface area contributed by atoms with Crippen molar-refractivity contribution in [3.63, 3.8) is 0 Å². The first-order valence-corrected chi connectivity index (χ1v) is 6.75. The Hall–Kier alpha value is -2.27. The molecule has 0 aliphatic carbocycles. The molecule has 1 aromatic carbocycles. The SMILES string of the molecule is CCn1ncnc1CC(N)c1ccc2ncccc2c1. The molecule has 3 rings (SSSR count). The van der Waals surface area contributed by atoms with Gasteiger partial charge in [0.05, 0.1) is 5.52 Å². The smallest absolute Gasteiger partial charge is 0.138 e. The Bertz CT molecular complexity index is 719. The molecule has 5 nitrogen and oxygen atoms in total. The van der Waals surface area contributed by atoms with Crippen molar-refractivity contribution in [1.29, 1.82) is 0 Å². The fourth-order valence-corrected chi connectivity index (χ4v) is 2.35. The van der Waals surface area contributed by atoms with Gasteiger partial charge < -0.3 is 5.73 Å². The molecule has 2 N–H and O–H groups in total. The van der Waals surface area contributed by atoms with Crippen LogP contribution >= 0.6 is 0 Å². The summed E-state index contributed by atoms with van der Waals surface area (Å²) in [6, 6.07) is 10.0. The third kappa shape index (κ3) is 2.40. The second kappa shape index (κ2) is 5.38. The highest BCUT2D eigenvalue weighted by Crippen LogP contribution is 2.20. The normalized spacial score (nSPS) is 12.7. The first kappa shape index (κ1) is 12.7. The molecular weight excluding hydrogens is 250 g/mol. The Morgan fingerprint density at radius 3 is 3.00 bits per heavy atom. The fourth-order valence-electron chi connectivity index (χ4n) is 2.35. The molecule has 1 atom stereocenters. The van der Waals surface area contributed by atoms with Gasteiger partial charge in [0.2, 0.25) is 0 Å². The third-order valence-corrected chi connectivity index (χ3v) is 3.45. The van der Waals surface area contributed by atoms with Crippen LogP contribution in [0.1, 0.15) is 24.4 Å². The van der Waals surface area contributed by atoms with Gasteiger partial charge in [-0.1, -0.05) is 12.1 Å². The van der Waals surface area contributed by atoms with Crippen molar-refractivity contribution in [3.8, 4) is 0 Å². The number of benzene rings is 1. The third-order valence-electron chi connectivity index (χ3n) is 3.45. The van der Waals surface area contributed by atoms with Crippen LogP contribution < -0.4 is 5.73 Å². The van der Waals surface area contributed by atoms with Crippen molar-refractivity contribution in [3.05, 3.63) is 54.2 Å². The zero-order valence-corrected chi connectivity index (χ0v) is 11.4. The van der Waals surface area contributed by atoms with Crippen LogP contribution in [0.5, 0.6) is 0 Å². The highest BCUT2D eigenvalue weighted by atomic mass is 15.3. The van der Waals surface area contributed by atoms with Crippen molar-refractivity contribution in [2.24, 2.45) is 5.73 Å². The molecule has 0 saturated heterocycles. The molecule has 0 fully saturated rings. The van der Waals surface area contributed by atoms with Gasteiger partial charge in [-0.3, -0.25) is 9.67 Å². The molecule has 0 radical (unpaired) electrons. The number of hydrogen-bond donors (Lipinski definition) is 1. The summed E-state index contributed by atoms with van der Waals surface area (Å²) in [5.74, 6) is 0.922. The first-order valence-electron chi connectivity index (χ1n) is 6.75. The number of aryl methyl sites for hydroxylation is 1. The van der Waals surface area contributed by atoms with E-state index in [0.29, 0.717) is 6.42 Å². The number of fused-ring (bicyclic) bond motifs is 1. The summed E-state index contributed by atoms with van der Waals surface area (Å²) < 4.78 is 1.88. The van der Waals surface area contributed by atoms with Crippen LogP contribution in [0.15, 0.2) is 42.9 Å². The van der Waals surface area contributed by atoms with Crippen molar-refractivity contribution < 1.29 is 0 Å². The Kier molecular flexibility index (Phi) is 3.43. The summed E-state index contributed by atoms with van der Waals surface area (Å²) in [7, 11) is 0. The fraction of sp³-hybridized carbons (Fsp3) is 0.267. The van der Waals surface area contributed by atoms with Crippen LogP contribution in [0.3, 0.4) is 0 Å². The molecule has 0 saturated carbocycles. The maximum atomic E-state index is 6.30. The Morgan fingerprint density at radius 1 is 1.25 bits per heavy atom. The molecule has 20 heavy (non-hydrogen) atoms. The molecule has 0 aliphatic heterocycles. The summed E-state index contributed by atoms with van der Waals surface area (Å²) in [5.41, 5.74) is 8.38. The van der Waals surface area contributed by atoms with Crippen molar-refractivity contribution >= 4 is 10.9 Å². The van der Waals surface area contributed by atoms with Crippen molar-refractivity contribution in [2.45, 2.75) is 25.9 Å².